The average molecular weight is 371 g/mol. The van der Waals surface area contributed by atoms with Crippen molar-refractivity contribution >= 4 is 5.91 Å². The van der Waals surface area contributed by atoms with Gasteiger partial charge in [-0.2, -0.15) is 5.10 Å². The summed E-state index contributed by atoms with van der Waals surface area (Å²) in [6, 6.07) is 7.31. The molecule has 7 heteroatoms. The third-order valence-corrected chi connectivity index (χ3v) is 5.41. The lowest BCUT2D eigenvalue weighted by molar-refractivity contribution is -0.0229. The van der Waals surface area contributed by atoms with Crippen LogP contribution in [-0.4, -0.2) is 58.6 Å². The first-order chi connectivity index (χ1) is 13.1. The van der Waals surface area contributed by atoms with Gasteiger partial charge in [-0.25, -0.2) is 0 Å². The number of phenols is 1. The Bertz CT molecular complexity index is 813. The van der Waals surface area contributed by atoms with Crippen molar-refractivity contribution in [1.29, 1.82) is 0 Å². The van der Waals surface area contributed by atoms with E-state index in [1.165, 1.54) is 0 Å². The summed E-state index contributed by atoms with van der Waals surface area (Å²) in [5.41, 5.74) is 2.44. The molecule has 2 aliphatic heterocycles. The van der Waals surface area contributed by atoms with Crippen molar-refractivity contribution in [1.82, 2.24) is 14.7 Å². The van der Waals surface area contributed by atoms with E-state index in [0.717, 1.165) is 37.3 Å². The molecule has 0 radical (unpaired) electrons. The van der Waals surface area contributed by atoms with Crippen LogP contribution in [0.5, 0.6) is 5.75 Å². The molecule has 2 fully saturated rings. The van der Waals surface area contributed by atoms with E-state index < -0.39 is 0 Å². The van der Waals surface area contributed by atoms with E-state index in [-0.39, 0.29) is 17.8 Å². The Morgan fingerprint density at radius 1 is 1.26 bits per heavy atom. The minimum absolute atomic E-state index is 0.0146. The lowest BCUT2D eigenvalue weighted by atomic mass is 10.1. The standard InChI is InChI=1S/C20H25N3O4/c1-14-18(12-21-23(14)16-5-8-26-9-6-16)20(25)22-7-10-27-19(13-22)15-3-2-4-17(24)11-15/h2-4,11-12,16,19,24H,5-10,13H2,1H3. The number of phenolic OH excluding ortho intramolecular Hbond substituents is 1. The predicted molar refractivity (Wildman–Crippen MR) is 98.8 cm³/mol. The monoisotopic (exact) mass is 371 g/mol. The van der Waals surface area contributed by atoms with E-state index in [1.807, 2.05) is 22.6 Å². The topological polar surface area (TPSA) is 76.8 Å². The first-order valence-corrected chi connectivity index (χ1v) is 9.45. The fourth-order valence-electron chi connectivity index (χ4n) is 3.86. The van der Waals surface area contributed by atoms with Gasteiger partial charge in [-0.1, -0.05) is 12.1 Å². The molecule has 1 unspecified atom stereocenters. The van der Waals surface area contributed by atoms with E-state index in [1.54, 1.807) is 24.4 Å². The maximum absolute atomic E-state index is 13.1. The summed E-state index contributed by atoms with van der Waals surface area (Å²) in [6.45, 7) is 4.92. The number of carbonyl (C=O) groups excluding carboxylic acids is 1. The number of amides is 1. The van der Waals surface area contributed by atoms with Crippen LogP contribution in [0.1, 0.15) is 46.6 Å². The Morgan fingerprint density at radius 3 is 2.85 bits per heavy atom. The third kappa shape index (κ3) is 3.70. The Balaban J connectivity index is 1.50. The van der Waals surface area contributed by atoms with Gasteiger partial charge in [-0.3, -0.25) is 9.48 Å². The number of carbonyl (C=O) groups is 1. The zero-order chi connectivity index (χ0) is 18.8. The number of rotatable bonds is 3. The van der Waals surface area contributed by atoms with Gasteiger partial charge >= 0.3 is 0 Å². The van der Waals surface area contributed by atoms with E-state index >= 15 is 0 Å². The highest BCUT2D eigenvalue weighted by molar-refractivity contribution is 5.95. The largest absolute Gasteiger partial charge is 0.508 e. The van der Waals surface area contributed by atoms with Crippen molar-refractivity contribution in [3.05, 3.63) is 47.3 Å². The van der Waals surface area contributed by atoms with Gasteiger partial charge in [0.25, 0.3) is 5.91 Å². The smallest absolute Gasteiger partial charge is 0.257 e. The number of ether oxygens (including phenoxy) is 2. The number of hydrogen-bond donors (Lipinski definition) is 1. The second-order valence-corrected chi connectivity index (χ2v) is 7.14. The van der Waals surface area contributed by atoms with Gasteiger partial charge in [0, 0.05) is 25.5 Å². The van der Waals surface area contributed by atoms with E-state index in [2.05, 4.69) is 5.10 Å². The van der Waals surface area contributed by atoms with Crippen molar-refractivity contribution in [2.75, 3.05) is 32.9 Å². The van der Waals surface area contributed by atoms with Gasteiger partial charge in [-0.15, -0.1) is 0 Å². The lowest BCUT2D eigenvalue weighted by Crippen LogP contribution is -2.42. The number of aromatic hydroxyl groups is 1. The number of benzene rings is 1. The molecular formula is C20H25N3O4. The molecule has 1 aromatic carbocycles. The maximum atomic E-state index is 13.1. The molecule has 2 aromatic rings. The molecule has 4 rings (SSSR count). The zero-order valence-electron chi connectivity index (χ0n) is 15.5. The summed E-state index contributed by atoms with van der Waals surface area (Å²) in [6.07, 6.45) is 3.30. The number of aromatic nitrogens is 2. The van der Waals surface area contributed by atoms with Gasteiger partial charge in [-0.05, 0) is 37.5 Å². The quantitative estimate of drug-likeness (QED) is 0.897. The van der Waals surface area contributed by atoms with Crippen LogP contribution in [0.2, 0.25) is 0 Å². The van der Waals surface area contributed by atoms with Crippen molar-refractivity contribution in [2.45, 2.75) is 31.9 Å². The lowest BCUT2D eigenvalue weighted by Gasteiger charge is -2.33. The van der Waals surface area contributed by atoms with E-state index in [0.29, 0.717) is 31.3 Å². The van der Waals surface area contributed by atoms with Crippen molar-refractivity contribution in [3.63, 3.8) is 0 Å². The summed E-state index contributed by atoms with van der Waals surface area (Å²) in [5, 5.41) is 14.2. The molecule has 0 bridgehead atoms. The highest BCUT2D eigenvalue weighted by atomic mass is 16.5. The molecule has 0 saturated carbocycles. The molecule has 1 N–H and O–H groups in total. The molecule has 3 heterocycles. The predicted octanol–water partition coefficient (Wildman–Crippen LogP) is 2.46. The highest BCUT2D eigenvalue weighted by Crippen LogP contribution is 2.27. The van der Waals surface area contributed by atoms with Crippen molar-refractivity contribution < 1.29 is 19.4 Å². The fourth-order valence-corrected chi connectivity index (χ4v) is 3.86. The molecule has 7 nitrogen and oxygen atoms in total. The summed E-state index contributed by atoms with van der Waals surface area (Å²) in [5.74, 6) is 0.187. The fraction of sp³-hybridized carbons (Fsp3) is 0.500. The number of morpholine rings is 1. The molecule has 1 atom stereocenters. The van der Waals surface area contributed by atoms with Gasteiger partial charge in [0.1, 0.15) is 11.9 Å². The molecule has 27 heavy (non-hydrogen) atoms. The second-order valence-electron chi connectivity index (χ2n) is 7.14. The molecule has 2 aliphatic rings. The normalized spacial score (nSPS) is 21.4. The molecule has 2 saturated heterocycles. The second kappa shape index (κ2) is 7.70. The Kier molecular flexibility index (Phi) is 5.13. The number of hydrogen-bond acceptors (Lipinski definition) is 5. The highest BCUT2D eigenvalue weighted by Gasteiger charge is 2.29. The summed E-state index contributed by atoms with van der Waals surface area (Å²) in [4.78, 5) is 14.9. The molecule has 1 amide bonds. The van der Waals surface area contributed by atoms with E-state index in [9.17, 15) is 9.90 Å². The zero-order valence-corrected chi connectivity index (χ0v) is 15.5. The van der Waals surface area contributed by atoms with E-state index in [4.69, 9.17) is 9.47 Å². The van der Waals surface area contributed by atoms with Crippen LogP contribution in [-0.2, 0) is 9.47 Å². The van der Waals surface area contributed by atoms with Crippen LogP contribution < -0.4 is 0 Å². The third-order valence-electron chi connectivity index (χ3n) is 5.41. The van der Waals surface area contributed by atoms with Crippen molar-refractivity contribution in [2.24, 2.45) is 0 Å². The SMILES string of the molecule is Cc1c(C(=O)N2CCOC(c3cccc(O)c3)C2)cnn1C1CCOCC1. The van der Waals surface area contributed by atoms with Gasteiger partial charge in [0.2, 0.25) is 0 Å². The van der Waals surface area contributed by atoms with Gasteiger partial charge in [0.05, 0.1) is 31.0 Å². The summed E-state index contributed by atoms with van der Waals surface area (Å²) >= 11 is 0. The molecule has 0 spiro atoms. The van der Waals surface area contributed by atoms with Crippen LogP contribution in [0, 0.1) is 6.92 Å². The minimum atomic E-state index is -0.236. The van der Waals surface area contributed by atoms with Gasteiger partial charge in [0.15, 0.2) is 0 Å². The molecule has 1 aromatic heterocycles. The summed E-state index contributed by atoms with van der Waals surface area (Å²) in [7, 11) is 0. The molecule has 144 valence electrons. The molecule has 0 aliphatic carbocycles. The first kappa shape index (κ1) is 18.0. The molecular weight excluding hydrogens is 346 g/mol. The average Bonchev–Trinajstić information content (AvgIpc) is 3.09. The first-order valence-electron chi connectivity index (χ1n) is 9.45. The maximum Gasteiger partial charge on any atom is 0.257 e. The van der Waals surface area contributed by atoms with Crippen molar-refractivity contribution in [3.8, 4) is 5.75 Å². The van der Waals surface area contributed by atoms with Crippen LogP contribution in [0.3, 0.4) is 0 Å². The van der Waals surface area contributed by atoms with Gasteiger partial charge < -0.3 is 19.5 Å². The minimum Gasteiger partial charge on any atom is -0.508 e. The van der Waals surface area contributed by atoms with Crippen LogP contribution >= 0.6 is 0 Å². The Hall–Kier alpha value is -2.38. The Morgan fingerprint density at radius 2 is 2.07 bits per heavy atom. The summed E-state index contributed by atoms with van der Waals surface area (Å²) < 4.78 is 13.2. The Labute approximate surface area is 158 Å². The van der Waals surface area contributed by atoms with Crippen LogP contribution in [0.4, 0.5) is 0 Å². The van der Waals surface area contributed by atoms with Crippen LogP contribution in [0.15, 0.2) is 30.5 Å². The number of nitrogens with zero attached hydrogens (tertiary/aromatic N) is 3. The van der Waals surface area contributed by atoms with Crippen LogP contribution in [0.25, 0.3) is 0 Å².